The van der Waals surface area contributed by atoms with E-state index in [2.05, 4.69) is 10.6 Å². The second kappa shape index (κ2) is 8.35. The summed E-state index contributed by atoms with van der Waals surface area (Å²) < 4.78 is 0. The van der Waals surface area contributed by atoms with Crippen LogP contribution in [-0.2, 0) is 17.1 Å². The van der Waals surface area contributed by atoms with Crippen molar-refractivity contribution in [2.45, 2.75) is 6.42 Å². The van der Waals surface area contributed by atoms with Crippen LogP contribution in [0.5, 0.6) is 0 Å². The molecule has 0 saturated carbocycles. The van der Waals surface area contributed by atoms with E-state index in [1.807, 2.05) is 36.4 Å². The molecule has 0 aliphatic rings. The Labute approximate surface area is 130 Å². The standard InChI is InChI=1S/C15H16N4.Cu/c16-12-6-1-3-8-14(12)18-10-5-11-19-15-9-4-2-7-13(15)17;/h1-4,6-9,16-17H,5,10-11H2;/q-4;. The molecular weight excluding hydrogens is 300 g/mol. The molecule has 0 heterocycles. The Kier molecular flexibility index (Phi) is 6.77. The van der Waals surface area contributed by atoms with Crippen molar-refractivity contribution in [1.82, 2.24) is 0 Å². The fourth-order valence-electron chi connectivity index (χ4n) is 1.69. The van der Waals surface area contributed by atoms with E-state index in [4.69, 9.17) is 11.5 Å². The van der Waals surface area contributed by atoms with Crippen LogP contribution in [0.4, 0.5) is 22.7 Å². The van der Waals surface area contributed by atoms with Gasteiger partial charge in [0, 0.05) is 17.1 Å². The van der Waals surface area contributed by atoms with Gasteiger partial charge in [0.25, 0.3) is 0 Å². The molecule has 0 unspecified atom stereocenters. The van der Waals surface area contributed by atoms with Gasteiger partial charge in [-0.25, -0.2) is 0 Å². The zero-order valence-corrected chi connectivity index (χ0v) is 11.9. The quantitative estimate of drug-likeness (QED) is 0.452. The third-order valence-electron chi connectivity index (χ3n) is 2.69. The molecule has 0 aliphatic carbocycles. The van der Waals surface area contributed by atoms with Gasteiger partial charge < -0.3 is 22.1 Å². The minimum atomic E-state index is 0. The minimum Gasteiger partial charge on any atom is -0.700 e. The maximum Gasteiger partial charge on any atom is 0 e. The minimum absolute atomic E-state index is 0. The Morgan fingerprint density at radius 1 is 0.700 bits per heavy atom. The Balaban J connectivity index is 0.00000200. The number of para-hydroxylation sites is 2. The molecule has 1 radical (unpaired) electrons. The number of hydrogen-bond acceptors (Lipinski definition) is 0. The molecular formula is C15H16CuN4-4. The Morgan fingerprint density at radius 3 is 1.50 bits per heavy atom. The summed E-state index contributed by atoms with van der Waals surface area (Å²) in [5, 5.41) is 8.73. The number of benzene rings is 2. The first-order valence-corrected chi connectivity index (χ1v) is 6.23. The van der Waals surface area contributed by atoms with Crippen LogP contribution in [0.25, 0.3) is 22.1 Å². The molecule has 2 aromatic carbocycles. The molecule has 0 aromatic heterocycles. The predicted octanol–water partition coefficient (Wildman–Crippen LogP) is 6.15. The first-order valence-electron chi connectivity index (χ1n) is 6.23. The molecule has 2 N–H and O–H groups in total. The zero-order valence-electron chi connectivity index (χ0n) is 10.9. The monoisotopic (exact) mass is 315 g/mol. The Hall–Kier alpha value is -1.84. The SMILES string of the molecule is [Cu].[NH-]c1ccccc1[N-]CCC[N-]c1ccccc1[NH-]. The molecule has 111 valence electrons. The molecule has 0 fully saturated rings. The summed E-state index contributed by atoms with van der Waals surface area (Å²) in [6, 6.07) is 14.6. The fourth-order valence-corrected chi connectivity index (χ4v) is 1.69. The van der Waals surface area contributed by atoms with Gasteiger partial charge in [0.2, 0.25) is 0 Å². The molecule has 0 aliphatic heterocycles. The molecule has 0 amide bonds. The number of rotatable bonds is 6. The summed E-state index contributed by atoms with van der Waals surface area (Å²) in [5.41, 5.74) is 17.7. The molecule has 0 atom stereocenters. The van der Waals surface area contributed by atoms with Crippen molar-refractivity contribution in [3.8, 4) is 0 Å². The van der Waals surface area contributed by atoms with Gasteiger partial charge in [0.05, 0.1) is 0 Å². The molecule has 0 saturated heterocycles. The fraction of sp³-hybridized carbons (Fsp3) is 0.200. The van der Waals surface area contributed by atoms with Gasteiger partial charge in [0.1, 0.15) is 0 Å². The second-order valence-electron chi connectivity index (χ2n) is 4.15. The average Bonchev–Trinajstić information content (AvgIpc) is 2.42. The van der Waals surface area contributed by atoms with Crippen molar-refractivity contribution < 1.29 is 17.1 Å². The van der Waals surface area contributed by atoms with E-state index < -0.39 is 0 Å². The smallest absolute Gasteiger partial charge is 0 e. The van der Waals surface area contributed by atoms with Crippen LogP contribution in [0.2, 0.25) is 0 Å². The molecule has 20 heavy (non-hydrogen) atoms. The number of nitrogens with zero attached hydrogens (tertiary/aromatic N) is 2. The zero-order chi connectivity index (χ0) is 13.5. The summed E-state index contributed by atoms with van der Waals surface area (Å²) >= 11 is 0. The van der Waals surface area contributed by atoms with Crippen molar-refractivity contribution in [2.24, 2.45) is 0 Å². The summed E-state index contributed by atoms with van der Waals surface area (Å²) in [6.45, 7) is 1.30. The van der Waals surface area contributed by atoms with Gasteiger partial charge in [-0.2, -0.15) is 22.7 Å². The average molecular weight is 316 g/mol. The van der Waals surface area contributed by atoms with Crippen LogP contribution >= 0.6 is 0 Å². The summed E-state index contributed by atoms with van der Waals surface area (Å²) in [4.78, 5) is 0. The third kappa shape index (κ3) is 4.68. The Morgan fingerprint density at radius 2 is 1.10 bits per heavy atom. The number of hydrogen-bond donors (Lipinski definition) is 0. The van der Waals surface area contributed by atoms with Crippen molar-refractivity contribution in [1.29, 1.82) is 0 Å². The maximum absolute atomic E-state index is 7.67. The first-order chi connectivity index (χ1) is 9.27. The van der Waals surface area contributed by atoms with Crippen LogP contribution in [0, 0.1) is 0 Å². The van der Waals surface area contributed by atoms with E-state index in [0.717, 1.165) is 17.8 Å². The van der Waals surface area contributed by atoms with E-state index in [1.54, 1.807) is 12.1 Å². The molecule has 5 heteroatoms. The molecule has 0 bridgehead atoms. The van der Waals surface area contributed by atoms with E-state index >= 15 is 0 Å². The molecule has 4 nitrogen and oxygen atoms in total. The van der Waals surface area contributed by atoms with Gasteiger partial charge in [0.15, 0.2) is 0 Å². The summed E-state index contributed by atoms with van der Waals surface area (Å²) in [7, 11) is 0. The van der Waals surface area contributed by atoms with Crippen LogP contribution in [0.15, 0.2) is 48.5 Å². The van der Waals surface area contributed by atoms with Crippen molar-refractivity contribution in [3.63, 3.8) is 0 Å². The molecule has 0 spiro atoms. The van der Waals surface area contributed by atoms with E-state index in [1.165, 1.54) is 0 Å². The van der Waals surface area contributed by atoms with Gasteiger partial charge in [-0.1, -0.05) is 55.0 Å². The topological polar surface area (TPSA) is 75.8 Å². The van der Waals surface area contributed by atoms with Crippen molar-refractivity contribution in [2.75, 3.05) is 13.1 Å². The van der Waals surface area contributed by atoms with Crippen LogP contribution in [-0.4, -0.2) is 13.1 Å². The van der Waals surface area contributed by atoms with Crippen LogP contribution < -0.4 is 0 Å². The predicted molar refractivity (Wildman–Crippen MR) is 81.2 cm³/mol. The van der Waals surface area contributed by atoms with E-state index in [9.17, 15) is 0 Å². The molecule has 2 aromatic rings. The van der Waals surface area contributed by atoms with Gasteiger partial charge in [-0.15, -0.1) is 13.1 Å². The second-order valence-corrected chi connectivity index (χ2v) is 4.15. The van der Waals surface area contributed by atoms with Crippen LogP contribution in [0.3, 0.4) is 0 Å². The van der Waals surface area contributed by atoms with Crippen LogP contribution in [0.1, 0.15) is 6.42 Å². The van der Waals surface area contributed by atoms with Gasteiger partial charge in [-0.3, -0.25) is 0 Å². The normalized spacial score (nSPS) is 9.60. The largest absolute Gasteiger partial charge is 0.700 e. The maximum atomic E-state index is 7.67. The van der Waals surface area contributed by atoms with E-state index in [0.29, 0.717) is 24.5 Å². The van der Waals surface area contributed by atoms with E-state index in [-0.39, 0.29) is 17.1 Å². The first kappa shape index (κ1) is 16.2. The van der Waals surface area contributed by atoms with Gasteiger partial charge in [-0.05, 0) is 0 Å². The van der Waals surface area contributed by atoms with Gasteiger partial charge >= 0.3 is 0 Å². The number of nitrogens with one attached hydrogen (secondary N) is 2. The summed E-state index contributed by atoms with van der Waals surface area (Å²) in [5.74, 6) is 0. The van der Waals surface area contributed by atoms with Crippen molar-refractivity contribution in [3.05, 3.63) is 70.6 Å². The van der Waals surface area contributed by atoms with Crippen molar-refractivity contribution >= 4 is 22.7 Å². The third-order valence-corrected chi connectivity index (χ3v) is 2.69. The summed E-state index contributed by atoms with van der Waals surface area (Å²) in [6.07, 6.45) is 0.822. The Bertz CT molecular complexity index is 483. The molecule has 2 rings (SSSR count).